The van der Waals surface area contributed by atoms with Crippen molar-refractivity contribution in [3.63, 3.8) is 0 Å². The van der Waals surface area contributed by atoms with Crippen LogP contribution < -0.4 is 5.73 Å². The van der Waals surface area contributed by atoms with Crippen LogP contribution in [0.4, 0.5) is 5.82 Å². The molecule has 4 aromatic rings. The van der Waals surface area contributed by atoms with Crippen LogP contribution in [0.25, 0.3) is 16.6 Å². The number of nitrogens with zero attached hydrogens (tertiary/aromatic N) is 3. The van der Waals surface area contributed by atoms with Crippen LogP contribution in [0, 0.1) is 6.92 Å². The van der Waals surface area contributed by atoms with Crippen molar-refractivity contribution in [2.75, 3.05) is 5.73 Å². The summed E-state index contributed by atoms with van der Waals surface area (Å²) in [5.74, 6) is 0.282. The summed E-state index contributed by atoms with van der Waals surface area (Å²) in [6.07, 6.45) is 0. The highest BCUT2D eigenvalue weighted by molar-refractivity contribution is 7.90. The van der Waals surface area contributed by atoms with Gasteiger partial charge in [0.2, 0.25) is 0 Å². The Balaban J connectivity index is 1.75. The van der Waals surface area contributed by atoms with E-state index < -0.39 is 9.84 Å². The van der Waals surface area contributed by atoms with Gasteiger partial charge in [-0.25, -0.2) is 18.1 Å². The molecule has 2 heterocycles. The van der Waals surface area contributed by atoms with E-state index in [-0.39, 0.29) is 11.2 Å². The molecule has 0 aliphatic heterocycles. The number of aromatic nitrogens is 3. The van der Waals surface area contributed by atoms with Crippen LogP contribution in [0.3, 0.4) is 0 Å². The highest BCUT2D eigenvalue weighted by Gasteiger charge is 2.21. The van der Waals surface area contributed by atoms with Gasteiger partial charge in [0.25, 0.3) is 0 Å². The van der Waals surface area contributed by atoms with Gasteiger partial charge in [-0.1, -0.05) is 39.0 Å². The minimum absolute atomic E-state index is 0.0379. The molecule has 0 saturated heterocycles. The van der Waals surface area contributed by atoms with Crippen LogP contribution in [0.5, 0.6) is 0 Å². The predicted octanol–water partition coefficient (Wildman–Crippen LogP) is 4.58. The summed E-state index contributed by atoms with van der Waals surface area (Å²) in [7, 11) is -3.55. The minimum Gasteiger partial charge on any atom is -0.384 e. The molecule has 160 valence electrons. The molecule has 0 atom stereocenters. The maximum atomic E-state index is 13.2. The second-order valence-corrected chi connectivity index (χ2v) is 10.8. The molecule has 4 rings (SSSR count). The lowest BCUT2D eigenvalue weighted by molar-refractivity contribution is 0.585. The molecule has 2 N–H and O–H groups in total. The van der Waals surface area contributed by atoms with E-state index in [4.69, 9.17) is 5.73 Å². The van der Waals surface area contributed by atoms with Gasteiger partial charge in [-0.2, -0.15) is 5.10 Å². The molecule has 0 amide bonds. The van der Waals surface area contributed by atoms with Crippen molar-refractivity contribution in [1.29, 1.82) is 0 Å². The number of nitrogen functional groups attached to an aromatic ring is 1. The van der Waals surface area contributed by atoms with Gasteiger partial charge in [0.1, 0.15) is 5.82 Å². The molecule has 2 aromatic carbocycles. The second-order valence-electron chi connectivity index (χ2n) is 8.80. The summed E-state index contributed by atoms with van der Waals surface area (Å²) in [6.45, 7) is 8.16. The number of benzene rings is 2. The third-order valence-electron chi connectivity index (χ3n) is 5.28. The first kappa shape index (κ1) is 21.1. The van der Waals surface area contributed by atoms with Crippen molar-refractivity contribution in [3.8, 4) is 5.69 Å². The Labute approximate surface area is 182 Å². The second kappa shape index (κ2) is 7.50. The minimum atomic E-state index is -3.55. The van der Waals surface area contributed by atoms with Gasteiger partial charge in [0.15, 0.2) is 9.84 Å². The number of hydrogen-bond donors (Lipinski definition) is 1. The van der Waals surface area contributed by atoms with E-state index >= 15 is 0 Å². The van der Waals surface area contributed by atoms with Crippen molar-refractivity contribution >= 4 is 26.6 Å². The number of nitrogens with two attached hydrogens (primary N) is 1. The standard InChI is InChI=1S/C24H26N4O2S/c1-16-14-18(15-31(29,30)19-10-8-17(9-11-19)24(2,3)4)28(27-16)22-7-5-6-21-20(22)12-13-23(25)26-21/h5-14H,15H2,1-4H3,(H2,25,26). The summed E-state index contributed by atoms with van der Waals surface area (Å²) in [6, 6.07) is 18.2. The molecule has 0 aliphatic carbocycles. The van der Waals surface area contributed by atoms with Gasteiger partial charge in [0, 0.05) is 5.39 Å². The number of rotatable bonds is 4. The average molecular weight is 435 g/mol. The molecule has 7 heteroatoms. The van der Waals surface area contributed by atoms with Crippen molar-refractivity contribution < 1.29 is 8.42 Å². The topological polar surface area (TPSA) is 90.9 Å². The average Bonchev–Trinajstić information content (AvgIpc) is 3.06. The van der Waals surface area contributed by atoms with Crippen LogP contribution in [-0.2, 0) is 21.0 Å². The van der Waals surface area contributed by atoms with Crippen LogP contribution >= 0.6 is 0 Å². The van der Waals surface area contributed by atoms with Crippen LogP contribution in [0.15, 0.2) is 65.6 Å². The number of fused-ring (bicyclic) bond motifs is 1. The van der Waals surface area contributed by atoms with Crippen molar-refractivity contribution in [2.24, 2.45) is 0 Å². The van der Waals surface area contributed by atoms with Crippen LogP contribution in [0.2, 0.25) is 0 Å². The fourth-order valence-corrected chi connectivity index (χ4v) is 4.96. The molecular weight excluding hydrogens is 408 g/mol. The number of sulfone groups is 1. The first-order valence-electron chi connectivity index (χ1n) is 10.1. The molecule has 0 fully saturated rings. The van der Waals surface area contributed by atoms with Crippen molar-refractivity contribution in [3.05, 3.63) is 77.6 Å². The lowest BCUT2D eigenvalue weighted by Crippen LogP contribution is -2.13. The number of aryl methyl sites for hydroxylation is 1. The largest absolute Gasteiger partial charge is 0.384 e. The summed E-state index contributed by atoms with van der Waals surface area (Å²) < 4.78 is 28.1. The smallest absolute Gasteiger partial charge is 0.184 e. The summed E-state index contributed by atoms with van der Waals surface area (Å²) >= 11 is 0. The van der Waals surface area contributed by atoms with Crippen molar-refractivity contribution in [1.82, 2.24) is 14.8 Å². The fraction of sp³-hybridized carbons (Fsp3) is 0.250. The van der Waals surface area contributed by atoms with E-state index in [1.165, 1.54) is 0 Å². The molecule has 0 bridgehead atoms. The molecule has 0 aliphatic rings. The normalized spacial score (nSPS) is 12.4. The summed E-state index contributed by atoms with van der Waals surface area (Å²) in [4.78, 5) is 4.67. The number of anilines is 1. The Morgan fingerprint density at radius 1 is 1.00 bits per heavy atom. The van der Waals surface area contributed by atoms with E-state index in [9.17, 15) is 8.42 Å². The maximum absolute atomic E-state index is 13.2. The molecule has 6 nitrogen and oxygen atoms in total. The molecule has 0 radical (unpaired) electrons. The van der Waals surface area contributed by atoms with Crippen LogP contribution in [0.1, 0.15) is 37.7 Å². The monoisotopic (exact) mass is 434 g/mol. The zero-order valence-corrected chi connectivity index (χ0v) is 18.9. The fourth-order valence-electron chi connectivity index (χ4n) is 3.64. The van der Waals surface area contributed by atoms with E-state index in [0.29, 0.717) is 16.4 Å². The number of hydrogen-bond acceptors (Lipinski definition) is 5. The highest BCUT2D eigenvalue weighted by atomic mass is 32.2. The first-order valence-corrected chi connectivity index (χ1v) is 11.7. The van der Waals surface area contributed by atoms with Gasteiger partial charge in [-0.3, -0.25) is 0 Å². The lowest BCUT2D eigenvalue weighted by Gasteiger charge is -2.19. The Hall–Kier alpha value is -3.19. The first-order chi connectivity index (χ1) is 14.5. The molecule has 31 heavy (non-hydrogen) atoms. The molecule has 0 saturated carbocycles. The summed E-state index contributed by atoms with van der Waals surface area (Å²) in [5.41, 5.74) is 9.72. The van der Waals surface area contributed by atoms with Gasteiger partial charge < -0.3 is 5.73 Å². The Morgan fingerprint density at radius 3 is 2.39 bits per heavy atom. The predicted molar refractivity (Wildman–Crippen MR) is 124 cm³/mol. The van der Waals surface area contributed by atoms with Gasteiger partial charge in [0.05, 0.1) is 33.2 Å². The molecule has 0 unspecified atom stereocenters. The van der Waals surface area contributed by atoms with E-state index in [2.05, 4.69) is 30.9 Å². The lowest BCUT2D eigenvalue weighted by atomic mass is 9.87. The zero-order chi connectivity index (χ0) is 22.4. The van der Waals surface area contributed by atoms with Crippen molar-refractivity contribution in [2.45, 2.75) is 43.8 Å². The van der Waals surface area contributed by atoms with Crippen LogP contribution in [-0.4, -0.2) is 23.2 Å². The summed E-state index contributed by atoms with van der Waals surface area (Å²) in [5, 5.41) is 5.43. The van der Waals surface area contributed by atoms with E-state index in [1.807, 2.05) is 49.4 Å². The maximum Gasteiger partial charge on any atom is 0.184 e. The van der Waals surface area contributed by atoms with Gasteiger partial charge in [-0.15, -0.1) is 0 Å². The molecule has 2 aromatic heterocycles. The number of pyridine rings is 1. The van der Waals surface area contributed by atoms with Gasteiger partial charge in [-0.05, 0) is 60.4 Å². The SMILES string of the molecule is Cc1cc(CS(=O)(=O)c2ccc(C(C)(C)C)cc2)n(-c2cccc3nc(N)ccc23)n1. The van der Waals surface area contributed by atoms with Gasteiger partial charge >= 0.3 is 0 Å². The highest BCUT2D eigenvalue weighted by Crippen LogP contribution is 2.27. The zero-order valence-electron chi connectivity index (χ0n) is 18.1. The Bertz CT molecular complexity index is 1370. The third-order valence-corrected chi connectivity index (χ3v) is 6.95. The Morgan fingerprint density at radius 2 is 1.71 bits per heavy atom. The molecule has 0 spiro atoms. The quantitative estimate of drug-likeness (QED) is 0.508. The third kappa shape index (κ3) is 4.18. The van der Waals surface area contributed by atoms with E-state index in [1.54, 1.807) is 22.9 Å². The molecular formula is C24H26N4O2S. The van der Waals surface area contributed by atoms with E-state index in [0.717, 1.165) is 27.8 Å². The Kier molecular flexibility index (Phi) is 5.09.